The van der Waals surface area contributed by atoms with Gasteiger partial charge in [-0.05, 0) is 36.6 Å². The van der Waals surface area contributed by atoms with Crippen LogP contribution in [0.5, 0.6) is 0 Å². The molecular formula is C24H23N5O3. The van der Waals surface area contributed by atoms with Crippen molar-refractivity contribution in [3.05, 3.63) is 81.1 Å². The van der Waals surface area contributed by atoms with E-state index in [0.717, 1.165) is 12.0 Å². The molecule has 0 aliphatic carbocycles. The van der Waals surface area contributed by atoms with Crippen molar-refractivity contribution < 1.29 is 9.59 Å². The summed E-state index contributed by atoms with van der Waals surface area (Å²) in [6, 6.07) is 15.5. The molecule has 3 aromatic rings. The van der Waals surface area contributed by atoms with Gasteiger partial charge in [0.25, 0.3) is 5.56 Å². The quantitative estimate of drug-likeness (QED) is 0.593. The molecule has 1 aromatic heterocycles. The zero-order chi connectivity index (χ0) is 22.2. The molecule has 8 nitrogen and oxygen atoms in total. The number of aromatic nitrogens is 2. The highest BCUT2D eigenvalue weighted by Gasteiger charge is 2.35. The number of carbonyl (C=O) groups is 2. The van der Waals surface area contributed by atoms with E-state index in [4.69, 9.17) is 0 Å². The maximum atomic E-state index is 13.0. The minimum absolute atomic E-state index is 0.105. The van der Waals surface area contributed by atoms with Crippen molar-refractivity contribution in [2.24, 2.45) is 0 Å². The van der Waals surface area contributed by atoms with E-state index in [9.17, 15) is 14.4 Å². The summed E-state index contributed by atoms with van der Waals surface area (Å²) in [7, 11) is 0. The van der Waals surface area contributed by atoms with Crippen LogP contribution in [0.15, 0.2) is 53.3 Å². The zero-order valence-corrected chi connectivity index (χ0v) is 17.6. The lowest BCUT2D eigenvalue weighted by Crippen LogP contribution is -2.38. The second-order valence-electron chi connectivity index (χ2n) is 8.25. The first-order valence-corrected chi connectivity index (χ1v) is 10.6. The average Bonchev–Trinajstić information content (AvgIpc) is 2.79. The van der Waals surface area contributed by atoms with Crippen molar-refractivity contribution in [2.45, 2.75) is 32.2 Å². The van der Waals surface area contributed by atoms with E-state index in [2.05, 4.69) is 32.7 Å². The Labute approximate surface area is 184 Å². The van der Waals surface area contributed by atoms with Crippen LogP contribution in [-0.2, 0) is 22.6 Å². The second kappa shape index (κ2) is 7.96. The molecule has 0 fully saturated rings. The van der Waals surface area contributed by atoms with Crippen LogP contribution in [0, 0.1) is 6.92 Å². The highest BCUT2D eigenvalue weighted by Crippen LogP contribution is 2.31. The highest BCUT2D eigenvalue weighted by molar-refractivity contribution is 6.04. The van der Waals surface area contributed by atoms with Crippen LogP contribution in [0.3, 0.4) is 0 Å². The molecule has 2 aliphatic rings. The third-order valence-electron chi connectivity index (χ3n) is 6.00. The van der Waals surface area contributed by atoms with Gasteiger partial charge in [-0.15, -0.1) is 0 Å². The van der Waals surface area contributed by atoms with Crippen molar-refractivity contribution in [3.8, 4) is 0 Å². The van der Waals surface area contributed by atoms with Gasteiger partial charge in [-0.25, -0.2) is 0 Å². The molecule has 1 atom stereocenters. The number of rotatable bonds is 3. The maximum absolute atomic E-state index is 13.0. The molecule has 2 amide bonds. The fourth-order valence-electron chi connectivity index (χ4n) is 4.28. The van der Waals surface area contributed by atoms with Crippen LogP contribution in [0.25, 0.3) is 0 Å². The highest BCUT2D eigenvalue weighted by atomic mass is 16.2. The van der Waals surface area contributed by atoms with Gasteiger partial charge in [-0.1, -0.05) is 42.0 Å². The Bertz CT molecular complexity index is 1270. The number of anilines is 3. The summed E-state index contributed by atoms with van der Waals surface area (Å²) >= 11 is 0. The lowest BCUT2D eigenvalue weighted by Gasteiger charge is -2.30. The number of hydrogen-bond donors (Lipinski definition) is 3. The smallest absolute Gasteiger partial charge is 0.258 e. The lowest BCUT2D eigenvalue weighted by atomic mass is 9.92. The molecule has 0 saturated carbocycles. The summed E-state index contributed by atoms with van der Waals surface area (Å²) in [5.74, 6) is -1.11. The van der Waals surface area contributed by atoms with Gasteiger partial charge in [0.15, 0.2) is 0 Å². The Balaban J connectivity index is 1.44. The molecule has 0 spiro atoms. The van der Waals surface area contributed by atoms with Crippen molar-refractivity contribution in [3.63, 3.8) is 0 Å². The Morgan fingerprint density at radius 3 is 2.62 bits per heavy atom. The first-order chi connectivity index (χ1) is 15.5. The summed E-state index contributed by atoms with van der Waals surface area (Å²) in [5.41, 5.74) is 3.92. The molecule has 3 heterocycles. The van der Waals surface area contributed by atoms with Crippen molar-refractivity contribution in [1.82, 2.24) is 9.97 Å². The zero-order valence-electron chi connectivity index (χ0n) is 17.6. The monoisotopic (exact) mass is 429 g/mol. The van der Waals surface area contributed by atoms with Gasteiger partial charge >= 0.3 is 0 Å². The van der Waals surface area contributed by atoms with E-state index in [1.807, 2.05) is 36.1 Å². The number of H-pyrrole nitrogens is 1. The van der Waals surface area contributed by atoms with Crippen molar-refractivity contribution in [2.75, 3.05) is 22.1 Å². The molecule has 0 radical (unpaired) electrons. The molecular weight excluding hydrogens is 406 g/mol. The third-order valence-corrected chi connectivity index (χ3v) is 6.00. The van der Waals surface area contributed by atoms with Crippen LogP contribution >= 0.6 is 0 Å². The van der Waals surface area contributed by atoms with Gasteiger partial charge in [0.05, 0.1) is 11.5 Å². The summed E-state index contributed by atoms with van der Waals surface area (Å²) in [5, 5.41) is 5.49. The molecule has 8 heteroatoms. The SMILES string of the molecule is Cc1ccc(NC(=O)[C@@H]2CC(=O)Nc3nc(N4CCc5ccccc5C4)[nH]c(=O)c32)cc1. The molecule has 0 bridgehead atoms. The number of benzene rings is 2. The number of fused-ring (bicyclic) bond motifs is 2. The second-order valence-corrected chi connectivity index (χ2v) is 8.25. The van der Waals surface area contributed by atoms with Crippen LogP contribution < -0.4 is 21.1 Å². The maximum Gasteiger partial charge on any atom is 0.258 e. The topological polar surface area (TPSA) is 107 Å². The minimum atomic E-state index is -0.910. The number of aromatic amines is 1. The third kappa shape index (κ3) is 3.75. The number of aryl methyl sites for hydroxylation is 1. The van der Waals surface area contributed by atoms with E-state index < -0.39 is 17.4 Å². The Kier molecular flexibility index (Phi) is 4.97. The summed E-state index contributed by atoms with van der Waals surface area (Å²) in [6.45, 7) is 3.27. The molecule has 2 aliphatic heterocycles. The van der Waals surface area contributed by atoms with E-state index in [1.54, 1.807) is 12.1 Å². The van der Waals surface area contributed by atoms with E-state index in [1.165, 1.54) is 11.1 Å². The number of amides is 2. The Morgan fingerprint density at radius 1 is 1.09 bits per heavy atom. The first-order valence-electron chi connectivity index (χ1n) is 10.6. The first kappa shape index (κ1) is 20.0. The fourth-order valence-corrected chi connectivity index (χ4v) is 4.28. The van der Waals surface area contributed by atoms with Crippen LogP contribution in [0.2, 0.25) is 0 Å². The normalized spacial score (nSPS) is 17.2. The molecule has 2 aromatic carbocycles. The largest absolute Gasteiger partial charge is 0.338 e. The van der Waals surface area contributed by atoms with E-state index >= 15 is 0 Å². The van der Waals surface area contributed by atoms with Crippen molar-refractivity contribution in [1.29, 1.82) is 0 Å². The standard InChI is InChI=1S/C24H23N5O3/c1-14-6-8-17(9-7-14)25-22(31)18-12-19(30)26-21-20(18)23(32)28-24(27-21)29-11-10-15-4-2-3-5-16(15)13-29/h2-9,18H,10-13H2,1H3,(H,25,31)(H2,26,27,28,30,32)/t18-/m1/s1. The molecule has 5 rings (SSSR count). The van der Waals surface area contributed by atoms with Crippen LogP contribution in [0.1, 0.15) is 34.6 Å². The summed E-state index contributed by atoms with van der Waals surface area (Å²) < 4.78 is 0. The van der Waals surface area contributed by atoms with E-state index in [0.29, 0.717) is 24.7 Å². The summed E-state index contributed by atoms with van der Waals surface area (Å²) in [6.07, 6.45) is 0.733. The van der Waals surface area contributed by atoms with E-state index in [-0.39, 0.29) is 23.7 Å². The molecule has 3 N–H and O–H groups in total. The molecule has 0 saturated heterocycles. The Hall–Kier alpha value is -3.94. The van der Waals surface area contributed by atoms with Crippen molar-refractivity contribution >= 4 is 29.3 Å². The molecule has 162 valence electrons. The molecule has 0 unspecified atom stereocenters. The molecule has 32 heavy (non-hydrogen) atoms. The van der Waals surface area contributed by atoms with Crippen LogP contribution in [-0.4, -0.2) is 28.3 Å². The van der Waals surface area contributed by atoms with Gasteiger partial charge in [0, 0.05) is 25.2 Å². The Morgan fingerprint density at radius 2 is 1.84 bits per heavy atom. The number of hydrogen-bond acceptors (Lipinski definition) is 5. The lowest BCUT2D eigenvalue weighted by molar-refractivity contribution is -0.123. The number of carbonyl (C=O) groups excluding carboxylic acids is 2. The van der Waals surface area contributed by atoms with Gasteiger partial charge in [0.2, 0.25) is 17.8 Å². The van der Waals surface area contributed by atoms with Gasteiger partial charge in [0.1, 0.15) is 5.82 Å². The van der Waals surface area contributed by atoms with Gasteiger partial charge in [-0.3, -0.25) is 19.4 Å². The minimum Gasteiger partial charge on any atom is -0.338 e. The fraction of sp³-hybridized carbons (Fsp3) is 0.250. The van der Waals surface area contributed by atoms with Gasteiger partial charge in [-0.2, -0.15) is 4.98 Å². The summed E-state index contributed by atoms with van der Waals surface area (Å²) in [4.78, 5) is 47.7. The number of nitrogens with zero attached hydrogens (tertiary/aromatic N) is 2. The van der Waals surface area contributed by atoms with Gasteiger partial charge < -0.3 is 15.5 Å². The predicted molar refractivity (Wildman–Crippen MR) is 122 cm³/mol. The number of nitrogens with one attached hydrogen (secondary N) is 3. The van der Waals surface area contributed by atoms with Crippen LogP contribution in [0.4, 0.5) is 17.5 Å². The average molecular weight is 429 g/mol. The predicted octanol–water partition coefficient (Wildman–Crippen LogP) is 2.71.